The van der Waals surface area contributed by atoms with E-state index in [-0.39, 0.29) is 29.7 Å². The van der Waals surface area contributed by atoms with Gasteiger partial charge < -0.3 is 9.64 Å². The summed E-state index contributed by atoms with van der Waals surface area (Å²) in [6.07, 6.45) is 5.28. The third-order valence-corrected chi connectivity index (χ3v) is 6.81. The largest absolute Gasteiger partial charge is 0.456 e. The molecule has 0 spiro atoms. The van der Waals surface area contributed by atoms with Crippen molar-refractivity contribution in [2.45, 2.75) is 42.7 Å². The van der Waals surface area contributed by atoms with Crippen LogP contribution in [0.15, 0.2) is 21.7 Å². The minimum Gasteiger partial charge on any atom is -0.456 e. The number of amides is 1. The Hall–Kier alpha value is -1.45. The van der Waals surface area contributed by atoms with Gasteiger partial charge in [0.25, 0.3) is 5.91 Å². The second-order valence-corrected chi connectivity index (χ2v) is 8.83. The summed E-state index contributed by atoms with van der Waals surface area (Å²) >= 11 is 1.11. The van der Waals surface area contributed by atoms with Gasteiger partial charge >= 0.3 is 5.97 Å². The highest BCUT2D eigenvalue weighted by atomic mass is 32.2. The Bertz CT molecular complexity index is 650. The molecule has 1 aliphatic heterocycles. The number of esters is 1. The lowest BCUT2D eigenvalue weighted by molar-refractivity contribution is -0.152. The van der Waals surface area contributed by atoms with Crippen LogP contribution in [0.5, 0.6) is 0 Å². The second kappa shape index (κ2) is 9.88. The molecule has 0 aromatic carbocycles. The highest BCUT2D eigenvalue weighted by Gasteiger charge is 2.18. The Kier molecular flexibility index (Phi) is 7.86. The number of sulfonamides is 1. The zero-order valence-corrected chi connectivity index (χ0v) is 15.7. The number of thiophene rings is 1. The van der Waals surface area contributed by atoms with Crippen LogP contribution < -0.4 is 4.72 Å². The van der Waals surface area contributed by atoms with Crippen molar-refractivity contribution in [3.63, 3.8) is 0 Å². The van der Waals surface area contributed by atoms with E-state index in [4.69, 9.17) is 4.74 Å². The number of rotatable bonds is 7. The number of nitrogens with zero attached hydrogens (tertiary/aromatic N) is 1. The van der Waals surface area contributed by atoms with Gasteiger partial charge in [-0.2, -0.15) is 0 Å². The number of hydrogen-bond donors (Lipinski definition) is 1. The van der Waals surface area contributed by atoms with Crippen LogP contribution in [-0.4, -0.2) is 51.4 Å². The van der Waals surface area contributed by atoms with Gasteiger partial charge in [-0.1, -0.05) is 25.3 Å². The summed E-state index contributed by atoms with van der Waals surface area (Å²) in [7, 11) is -3.58. The minimum atomic E-state index is -3.58. The van der Waals surface area contributed by atoms with E-state index in [9.17, 15) is 18.0 Å². The summed E-state index contributed by atoms with van der Waals surface area (Å²) in [4.78, 5) is 25.5. The van der Waals surface area contributed by atoms with Crippen molar-refractivity contribution in [2.24, 2.45) is 0 Å². The Labute approximate surface area is 152 Å². The molecule has 0 aliphatic carbocycles. The van der Waals surface area contributed by atoms with Crippen LogP contribution in [-0.2, 0) is 24.3 Å². The number of hydrogen-bond acceptors (Lipinski definition) is 6. The van der Waals surface area contributed by atoms with Crippen molar-refractivity contribution in [2.75, 3.05) is 26.2 Å². The SMILES string of the molecule is O=C(CCNS(=O)(=O)c1cccs1)OCC(=O)N1CCCCCCC1. The van der Waals surface area contributed by atoms with Gasteiger partial charge in [-0.3, -0.25) is 9.59 Å². The fourth-order valence-corrected chi connectivity index (χ4v) is 4.65. The van der Waals surface area contributed by atoms with Crippen molar-refractivity contribution in [1.82, 2.24) is 9.62 Å². The molecule has 25 heavy (non-hydrogen) atoms. The molecule has 0 bridgehead atoms. The number of carbonyl (C=O) groups excluding carboxylic acids is 2. The quantitative estimate of drug-likeness (QED) is 0.719. The fraction of sp³-hybridized carbons (Fsp3) is 0.625. The van der Waals surface area contributed by atoms with E-state index < -0.39 is 16.0 Å². The molecule has 2 heterocycles. The molecular formula is C16H24N2O5S2. The van der Waals surface area contributed by atoms with E-state index in [1.165, 1.54) is 12.5 Å². The van der Waals surface area contributed by atoms with Gasteiger partial charge in [0, 0.05) is 19.6 Å². The first-order valence-electron chi connectivity index (χ1n) is 8.45. The van der Waals surface area contributed by atoms with Crippen molar-refractivity contribution >= 4 is 33.2 Å². The van der Waals surface area contributed by atoms with Gasteiger partial charge in [-0.15, -0.1) is 11.3 Å². The molecule has 1 amide bonds. The molecular weight excluding hydrogens is 364 g/mol. The zero-order valence-electron chi connectivity index (χ0n) is 14.1. The van der Waals surface area contributed by atoms with Crippen molar-refractivity contribution in [3.05, 3.63) is 17.5 Å². The Balaban J connectivity index is 1.67. The molecule has 0 unspecified atom stereocenters. The zero-order chi connectivity index (χ0) is 18.1. The third-order valence-electron chi connectivity index (χ3n) is 3.95. The van der Waals surface area contributed by atoms with Crippen LogP contribution in [0.25, 0.3) is 0 Å². The molecule has 0 radical (unpaired) electrons. The molecule has 1 aromatic rings. The van der Waals surface area contributed by atoms with Gasteiger partial charge in [-0.25, -0.2) is 13.1 Å². The molecule has 140 valence electrons. The minimum absolute atomic E-state index is 0.0586. The van der Waals surface area contributed by atoms with E-state index in [1.54, 1.807) is 16.3 Å². The number of likely N-dealkylation sites (tertiary alicyclic amines) is 1. The molecule has 2 rings (SSSR count). The molecule has 1 N–H and O–H groups in total. The van der Waals surface area contributed by atoms with E-state index in [0.29, 0.717) is 13.1 Å². The summed E-state index contributed by atoms with van der Waals surface area (Å²) < 4.78 is 31.3. The molecule has 0 saturated carbocycles. The maximum Gasteiger partial charge on any atom is 0.307 e. The van der Waals surface area contributed by atoms with E-state index in [2.05, 4.69) is 4.72 Å². The lowest BCUT2D eigenvalue weighted by Crippen LogP contribution is -2.37. The summed E-state index contributed by atoms with van der Waals surface area (Å²) in [5.41, 5.74) is 0. The molecule has 1 aliphatic rings. The first-order chi connectivity index (χ1) is 12.0. The molecule has 1 saturated heterocycles. The predicted molar refractivity (Wildman–Crippen MR) is 94.7 cm³/mol. The van der Waals surface area contributed by atoms with Gasteiger partial charge in [0.15, 0.2) is 6.61 Å². The standard InChI is InChI=1S/C16H24N2O5S2/c19-14(18-10-4-2-1-3-5-11-18)13-23-15(20)8-9-17-25(21,22)16-7-6-12-24-16/h6-7,12,17H,1-5,8-11,13H2. The summed E-state index contributed by atoms with van der Waals surface area (Å²) in [6, 6.07) is 3.14. The Morgan fingerprint density at radius 2 is 1.84 bits per heavy atom. The van der Waals surface area contributed by atoms with Crippen molar-refractivity contribution in [1.29, 1.82) is 0 Å². The Morgan fingerprint density at radius 1 is 1.16 bits per heavy atom. The fourth-order valence-electron chi connectivity index (χ4n) is 2.58. The van der Waals surface area contributed by atoms with Gasteiger partial charge in [-0.05, 0) is 24.3 Å². The molecule has 1 aromatic heterocycles. The average molecular weight is 389 g/mol. The highest BCUT2D eigenvalue weighted by Crippen LogP contribution is 2.15. The molecule has 7 nitrogen and oxygen atoms in total. The molecule has 9 heteroatoms. The topological polar surface area (TPSA) is 92.8 Å². The highest BCUT2D eigenvalue weighted by molar-refractivity contribution is 7.91. The van der Waals surface area contributed by atoms with Crippen LogP contribution in [0.4, 0.5) is 0 Å². The van der Waals surface area contributed by atoms with Crippen molar-refractivity contribution in [3.8, 4) is 0 Å². The number of nitrogens with one attached hydrogen (secondary N) is 1. The lowest BCUT2D eigenvalue weighted by Gasteiger charge is -2.24. The average Bonchev–Trinajstić information content (AvgIpc) is 3.07. The van der Waals surface area contributed by atoms with Gasteiger partial charge in [0.05, 0.1) is 6.42 Å². The van der Waals surface area contributed by atoms with Crippen LogP contribution in [0.1, 0.15) is 38.5 Å². The molecule has 1 fully saturated rings. The first kappa shape index (κ1) is 19.9. The van der Waals surface area contributed by atoms with Crippen LogP contribution in [0.3, 0.4) is 0 Å². The predicted octanol–water partition coefficient (Wildman–Crippen LogP) is 1.75. The first-order valence-corrected chi connectivity index (χ1v) is 10.8. The lowest BCUT2D eigenvalue weighted by atomic mass is 10.1. The van der Waals surface area contributed by atoms with Gasteiger partial charge in [0.1, 0.15) is 4.21 Å². The summed E-state index contributed by atoms with van der Waals surface area (Å²) in [5.74, 6) is -0.774. The van der Waals surface area contributed by atoms with Crippen LogP contribution in [0, 0.1) is 0 Å². The van der Waals surface area contributed by atoms with Gasteiger partial charge in [0.2, 0.25) is 10.0 Å². The normalized spacial score (nSPS) is 16.1. The number of ether oxygens (including phenoxy) is 1. The van der Waals surface area contributed by atoms with E-state index >= 15 is 0 Å². The van der Waals surface area contributed by atoms with Crippen molar-refractivity contribution < 1.29 is 22.7 Å². The van der Waals surface area contributed by atoms with E-state index in [1.807, 2.05) is 0 Å². The third kappa shape index (κ3) is 6.75. The van der Waals surface area contributed by atoms with Crippen LogP contribution >= 0.6 is 11.3 Å². The van der Waals surface area contributed by atoms with Crippen LogP contribution in [0.2, 0.25) is 0 Å². The maximum atomic E-state index is 12.1. The maximum absolute atomic E-state index is 12.1. The Morgan fingerprint density at radius 3 is 2.48 bits per heavy atom. The summed E-state index contributed by atoms with van der Waals surface area (Å²) in [6.45, 7) is 1.07. The monoisotopic (exact) mass is 388 g/mol. The van der Waals surface area contributed by atoms with E-state index in [0.717, 1.165) is 37.0 Å². The summed E-state index contributed by atoms with van der Waals surface area (Å²) in [5, 5.41) is 1.67. The smallest absolute Gasteiger partial charge is 0.307 e. The number of carbonyl (C=O) groups is 2. The molecule has 0 atom stereocenters. The second-order valence-electron chi connectivity index (χ2n) is 5.89.